The maximum Gasteiger partial charge on any atom is 0.149 e. The Labute approximate surface area is 389 Å². The first-order valence-corrected chi connectivity index (χ1v) is 21.7. The van der Waals surface area contributed by atoms with Gasteiger partial charge in [0, 0.05) is 32.7 Å². The second-order valence-corrected chi connectivity index (χ2v) is 20.2. The number of aromatic nitrogens is 3. The Bertz CT molecular complexity index is 3450. The van der Waals surface area contributed by atoms with Crippen LogP contribution in [0.15, 0.2) is 139 Å². The average molecular weight is 840 g/mol. The first-order valence-electron chi connectivity index (χ1n) is 26.7. The lowest BCUT2D eigenvalue weighted by Crippen LogP contribution is -2.17. The smallest absolute Gasteiger partial charge is 0.149 e. The van der Waals surface area contributed by atoms with E-state index in [9.17, 15) is 6.48 Å². The Kier molecular flexibility index (Phi) is 8.47. The van der Waals surface area contributed by atoms with E-state index < -0.39 is 71.2 Å². The fraction of sp³-hybridized carbons (Fsp3) is 0.288. The predicted molar refractivity (Wildman–Crippen MR) is 267 cm³/mol. The molecule has 0 aliphatic carbocycles. The molecule has 0 saturated carbocycles. The van der Waals surface area contributed by atoms with Crippen molar-refractivity contribution in [3.63, 3.8) is 0 Å². The number of para-hydroxylation sites is 1. The van der Waals surface area contributed by atoms with Gasteiger partial charge in [-0.1, -0.05) is 167 Å². The van der Waals surface area contributed by atoms with Crippen LogP contribution < -0.4 is 0 Å². The molecule has 0 amide bonds. The number of hydrogen-bond acceptors (Lipinski definition) is 3. The van der Waals surface area contributed by atoms with Gasteiger partial charge in [0.25, 0.3) is 0 Å². The van der Waals surface area contributed by atoms with Crippen molar-refractivity contribution in [1.29, 1.82) is 0 Å². The third kappa shape index (κ3) is 8.87. The lowest BCUT2D eigenvalue weighted by atomic mass is 9.79. The van der Waals surface area contributed by atoms with Crippen molar-refractivity contribution < 1.29 is 18.8 Å². The van der Waals surface area contributed by atoms with Gasteiger partial charge in [-0.15, -0.1) is 0 Å². The minimum absolute atomic E-state index is 0.0340. The van der Waals surface area contributed by atoms with Gasteiger partial charge in [0.2, 0.25) is 0 Å². The molecule has 0 aliphatic heterocycles. The quantitative estimate of drug-likeness (QED) is 0.166. The first-order chi connectivity index (χ1) is 33.9. The van der Waals surface area contributed by atoms with Crippen molar-refractivity contribution in [2.24, 2.45) is 5.92 Å². The monoisotopic (exact) mass is 840 g/mol. The highest BCUT2D eigenvalue weighted by Gasteiger charge is 2.29. The van der Waals surface area contributed by atoms with Crippen LogP contribution in [0.25, 0.3) is 72.7 Å². The van der Waals surface area contributed by atoms with E-state index in [0.29, 0.717) is 33.9 Å². The number of phenols is 1. The summed E-state index contributed by atoms with van der Waals surface area (Å²) in [7, 11) is 0. The number of pyridine rings is 1. The molecule has 8 aromatic rings. The zero-order valence-corrected chi connectivity index (χ0v) is 38.3. The van der Waals surface area contributed by atoms with E-state index in [1.54, 1.807) is 0 Å². The normalized spacial score (nSPS) is 14.9. The highest BCUT2D eigenvalue weighted by atomic mass is 16.3. The number of benzene rings is 6. The molecule has 1 N–H and O–H groups in total. The molecule has 0 spiro atoms. The van der Waals surface area contributed by atoms with Gasteiger partial charge in [-0.2, -0.15) is 0 Å². The van der Waals surface area contributed by atoms with Crippen LogP contribution in [0.1, 0.15) is 118 Å². The summed E-state index contributed by atoms with van der Waals surface area (Å²) in [6.45, 7) is 20.4. The molecular formula is C59H63N3O. The van der Waals surface area contributed by atoms with E-state index in [0.717, 1.165) is 51.0 Å². The van der Waals surface area contributed by atoms with Crippen molar-refractivity contribution in [2.75, 3.05) is 0 Å². The third-order valence-electron chi connectivity index (χ3n) is 11.6. The fourth-order valence-electron chi connectivity index (χ4n) is 8.18. The number of fused-ring (bicyclic) bond motifs is 1. The van der Waals surface area contributed by atoms with Crippen LogP contribution in [-0.2, 0) is 22.7 Å². The van der Waals surface area contributed by atoms with Gasteiger partial charge < -0.3 is 5.11 Å². The first kappa shape index (κ1) is 32.4. The maximum atomic E-state index is 12.5. The number of nitrogens with zero attached hydrogens (tertiary/aromatic N) is 3. The standard InChI is InChI=1S/C59H63N3O/c1-37(2)29-42-33-47(25-26-48(42)40-17-14-13-15-18-40)62-53-20-16-19-49(54(53)61-56(62)50-35-46(58(7,8)9)36-51(55(50)63)59(10,11)12)43-30-44(32-45(31-43)57(4,5)6)52-34-41(27-28-60-52)39-23-21-38(3)22-24-39/h13-28,30-37,63H,29H2,1-12H3/i3D3,21D,22D,23D,24D,27D,28D,34D. The zero-order valence-electron chi connectivity index (χ0n) is 48.3. The van der Waals surface area contributed by atoms with Crippen LogP contribution in [0.4, 0.5) is 0 Å². The molecule has 8 rings (SSSR count). The summed E-state index contributed by atoms with van der Waals surface area (Å²) in [5.41, 5.74) is 7.96. The van der Waals surface area contributed by atoms with Gasteiger partial charge in [0.1, 0.15) is 11.6 Å². The molecule has 0 atom stereocenters. The summed E-state index contributed by atoms with van der Waals surface area (Å²) in [6.07, 6.45) is 0.253. The van der Waals surface area contributed by atoms with E-state index in [1.165, 1.54) is 5.56 Å². The molecule has 4 heteroatoms. The van der Waals surface area contributed by atoms with Crippen molar-refractivity contribution in [3.8, 4) is 67.5 Å². The Morgan fingerprint density at radius 2 is 1.33 bits per heavy atom. The number of phenolic OH excluding ortho intramolecular Hbond substituents is 1. The summed E-state index contributed by atoms with van der Waals surface area (Å²) in [6, 6.07) is 28.7. The van der Waals surface area contributed by atoms with E-state index in [2.05, 4.69) is 134 Å². The number of imidazole rings is 1. The van der Waals surface area contributed by atoms with E-state index in [4.69, 9.17) is 17.3 Å². The van der Waals surface area contributed by atoms with Gasteiger partial charge in [-0.05, 0) is 128 Å². The van der Waals surface area contributed by atoms with Crippen molar-refractivity contribution in [3.05, 3.63) is 167 Å². The second-order valence-electron chi connectivity index (χ2n) is 20.2. The van der Waals surface area contributed by atoms with Gasteiger partial charge in [0.05, 0.1) is 31.9 Å². The molecule has 0 fully saturated rings. The SMILES string of the molecule is [2H]c1nc(-c2cc(-c3cccc4c3nc(-c3cc(C(C)(C)C)cc(C(C)(C)C)c3O)n4-c3ccc(-c4ccccc4)c(CC(C)C)c3)cc(C(C)(C)C)c2)c([2H])c(-c2c([2H])c([2H])c(C([2H])([2H])[2H])c([2H])c2[2H])c1[2H]. The van der Waals surface area contributed by atoms with Gasteiger partial charge in [-0.25, -0.2) is 4.98 Å². The van der Waals surface area contributed by atoms with Crippen LogP contribution in [0.5, 0.6) is 5.75 Å². The number of aromatic hydroxyl groups is 1. The Hall–Kier alpha value is -6.26. The fourth-order valence-corrected chi connectivity index (χ4v) is 8.18. The molecule has 2 aromatic heterocycles. The Balaban J connectivity index is 1.45. The van der Waals surface area contributed by atoms with Crippen LogP contribution in [0.3, 0.4) is 0 Å². The molecule has 0 radical (unpaired) electrons. The van der Waals surface area contributed by atoms with E-state index >= 15 is 0 Å². The second kappa shape index (κ2) is 16.5. The summed E-state index contributed by atoms with van der Waals surface area (Å²) in [4.78, 5) is 10.0. The van der Waals surface area contributed by atoms with Crippen molar-refractivity contribution >= 4 is 11.0 Å². The molecule has 0 aliphatic rings. The van der Waals surface area contributed by atoms with Crippen LogP contribution in [0, 0.1) is 12.8 Å². The third-order valence-corrected chi connectivity index (χ3v) is 11.6. The molecule has 63 heavy (non-hydrogen) atoms. The van der Waals surface area contributed by atoms with Crippen molar-refractivity contribution in [1.82, 2.24) is 14.5 Å². The molecule has 0 bridgehead atoms. The summed E-state index contributed by atoms with van der Waals surface area (Å²) >= 11 is 0. The zero-order chi connectivity index (χ0) is 53.6. The molecule has 320 valence electrons. The highest BCUT2D eigenvalue weighted by Crippen LogP contribution is 2.45. The van der Waals surface area contributed by atoms with Gasteiger partial charge in [0.15, 0.2) is 0 Å². The molecule has 4 nitrogen and oxygen atoms in total. The summed E-state index contributed by atoms with van der Waals surface area (Å²) in [5, 5.41) is 12.5. The Morgan fingerprint density at radius 3 is 2.00 bits per heavy atom. The maximum absolute atomic E-state index is 12.5. The largest absolute Gasteiger partial charge is 0.507 e. The topological polar surface area (TPSA) is 50.9 Å². The van der Waals surface area contributed by atoms with Crippen LogP contribution in [0.2, 0.25) is 0 Å². The summed E-state index contributed by atoms with van der Waals surface area (Å²) < 4.78 is 88.4. The van der Waals surface area contributed by atoms with Gasteiger partial charge >= 0.3 is 0 Å². The van der Waals surface area contributed by atoms with Crippen LogP contribution in [-0.4, -0.2) is 19.6 Å². The van der Waals surface area contributed by atoms with E-state index in [-0.39, 0.29) is 22.4 Å². The van der Waals surface area contributed by atoms with Crippen LogP contribution >= 0.6 is 0 Å². The molecule has 2 heterocycles. The predicted octanol–water partition coefficient (Wildman–Crippen LogP) is 15.9. The van der Waals surface area contributed by atoms with Crippen molar-refractivity contribution in [2.45, 2.75) is 106 Å². The number of hydrogen-bond donors (Lipinski definition) is 1. The lowest BCUT2D eigenvalue weighted by Gasteiger charge is -2.27. The highest BCUT2D eigenvalue weighted by molar-refractivity contribution is 5.97. The number of rotatable bonds is 8. The molecule has 6 aromatic carbocycles. The lowest BCUT2D eigenvalue weighted by molar-refractivity contribution is 0.446. The summed E-state index contributed by atoms with van der Waals surface area (Å²) in [5.74, 6) is 1.03. The minimum Gasteiger partial charge on any atom is -0.507 e. The molecule has 0 saturated heterocycles. The van der Waals surface area contributed by atoms with E-state index in [1.807, 2.05) is 48.5 Å². The molecular weight excluding hydrogens is 767 g/mol. The minimum atomic E-state index is -2.96. The van der Waals surface area contributed by atoms with Gasteiger partial charge in [-0.3, -0.25) is 9.55 Å². The average Bonchev–Trinajstić information content (AvgIpc) is 3.69. The Morgan fingerprint density at radius 1 is 0.635 bits per heavy atom. The molecule has 0 unspecified atom stereocenters.